The maximum absolute atomic E-state index is 12.6. The third-order valence-electron chi connectivity index (χ3n) is 5.30. The fraction of sp³-hybridized carbons (Fsp3) is 0.160. The largest absolute Gasteiger partial charge is 0.479 e. The average molecular weight is 415 g/mol. The molecule has 3 aromatic rings. The van der Waals surface area contributed by atoms with E-state index in [0.717, 1.165) is 16.0 Å². The fourth-order valence-corrected chi connectivity index (χ4v) is 3.38. The zero-order valence-electron chi connectivity index (χ0n) is 17.4. The number of hydrogen-bond acceptors (Lipinski definition) is 5. The molecule has 0 saturated heterocycles. The van der Waals surface area contributed by atoms with Crippen molar-refractivity contribution in [2.75, 3.05) is 4.90 Å². The van der Waals surface area contributed by atoms with Crippen LogP contribution in [0.2, 0.25) is 0 Å². The van der Waals surface area contributed by atoms with Crippen molar-refractivity contribution in [2.24, 2.45) is 0 Å². The number of aryl methyl sites for hydroxylation is 1. The van der Waals surface area contributed by atoms with Crippen LogP contribution in [0.15, 0.2) is 66.7 Å². The lowest BCUT2D eigenvalue weighted by Crippen LogP contribution is -2.29. The van der Waals surface area contributed by atoms with Crippen LogP contribution in [0.5, 0.6) is 11.5 Å². The van der Waals surface area contributed by atoms with Gasteiger partial charge in [-0.1, -0.05) is 24.3 Å². The quantitative estimate of drug-likeness (QED) is 0.349. The van der Waals surface area contributed by atoms with Crippen LogP contribution < -0.4 is 14.4 Å². The molecule has 2 amide bonds. The summed E-state index contributed by atoms with van der Waals surface area (Å²) in [5.74, 6) is -0.372. The van der Waals surface area contributed by atoms with Crippen LogP contribution in [0.1, 0.15) is 38.8 Å². The summed E-state index contributed by atoms with van der Waals surface area (Å²) in [6, 6.07) is 18.6. The predicted molar refractivity (Wildman–Crippen MR) is 116 cm³/mol. The minimum atomic E-state index is -0.809. The van der Waals surface area contributed by atoms with Gasteiger partial charge in [-0.2, -0.15) is 0 Å². The zero-order chi connectivity index (χ0) is 22.1. The monoisotopic (exact) mass is 415 g/mol. The van der Waals surface area contributed by atoms with Crippen molar-refractivity contribution < 1.29 is 23.9 Å². The Morgan fingerprint density at radius 2 is 1.45 bits per heavy atom. The van der Waals surface area contributed by atoms with Crippen molar-refractivity contribution in [3.05, 3.63) is 89.0 Å². The zero-order valence-corrected chi connectivity index (χ0v) is 17.4. The van der Waals surface area contributed by atoms with Gasteiger partial charge in [0.2, 0.25) is 0 Å². The molecule has 0 saturated carbocycles. The number of hydrogen-bond donors (Lipinski definition) is 0. The van der Waals surface area contributed by atoms with Crippen LogP contribution in [0, 0.1) is 13.8 Å². The number of carbonyl (C=O) groups is 3. The smallest absolute Gasteiger partial charge is 0.352 e. The van der Waals surface area contributed by atoms with Crippen molar-refractivity contribution in [3.63, 3.8) is 0 Å². The Hall–Kier alpha value is -3.93. The van der Waals surface area contributed by atoms with Crippen LogP contribution in [0.25, 0.3) is 0 Å². The molecule has 156 valence electrons. The number of carbonyl (C=O) groups excluding carboxylic acids is 3. The number of imide groups is 1. The standard InChI is InChI=1S/C25H21NO5/c1-15-7-6-10-22(16(15)2)30-17(3)25(29)31-19-13-11-18(12-14-19)26-23(27)20-8-4-5-9-21(20)24(26)28/h4-14,17H,1-3H3. The first-order valence-electron chi connectivity index (χ1n) is 9.89. The molecule has 1 unspecified atom stereocenters. The SMILES string of the molecule is Cc1cccc(OC(C)C(=O)Oc2ccc(N3C(=O)c4ccccc4C3=O)cc2)c1C. The molecule has 1 heterocycles. The van der Waals surface area contributed by atoms with Gasteiger partial charge in [-0.25, -0.2) is 9.69 Å². The van der Waals surface area contributed by atoms with E-state index in [9.17, 15) is 14.4 Å². The summed E-state index contributed by atoms with van der Waals surface area (Å²) in [5.41, 5.74) is 3.20. The Kier molecular flexibility index (Phi) is 5.29. The second-order valence-electron chi connectivity index (χ2n) is 7.36. The summed E-state index contributed by atoms with van der Waals surface area (Å²) < 4.78 is 11.2. The lowest BCUT2D eigenvalue weighted by atomic mass is 10.1. The van der Waals surface area contributed by atoms with Crippen molar-refractivity contribution in [1.82, 2.24) is 0 Å². The summed E-state index contributed by atoms with van der Waals surface area (Å²) in [7, 11) is 0. The summed E-state index contributed by atoms with van der Waals surface area (Å²) in [6.07, 6.45) is -0.809. The number of amides is 2. The second-order valence-corrected chi connectivity index (χ2v) is 7.36. The maximum Gasteiger partial charge on any atom is 0.352 e. The number of fused-ring (bicyclic) bond motifs is 1. The number of ether oxygens (including phenoxy) is 2. The van der Waals surface area contributed by atoms with Crippen LogP contribution in [-0.2, 0) is 4.79 Å². The first-order valence-corrected chi connectivity index (χ1v) is 9.89. The van der Waals surface area contributed by atoms with Gasteiger partial charge in [-0.15, -0.1) is 0 Å². The maximum atomic E-state index is 12.6. The molecule has 6 heteroatoms. The Bertz CT molecular complexity index is 1150. The lowest BCUT2D eigenvalue weighted by molar-refractivity contribution is -0.141. The highest BCUT2D eigenvalue weighted by Crippen LogP contribution is 2.29. The van der Waals surface area contributed by atoms with E-state index in [4.69, 9.17) is 9.47 Å². The lowest BCUT2D eigenvalue weighted by Gasteiger charge is -2.17. The second kappa shape index (κ2) is 8.07. The number of nitrogens with zero attached hydrogens (tertiary/aromatic N) is 1. The van der Waals surface area contributed by atoms with E-state index in [1.165, 1.54) is 0 Å². The highest BCUT2D eigenvalue weighted by Gasteiger charge is 2.36. The molecule has 0 fully saturated rings. The third-order valence-corrected chi connectivity index (χ3v) is 5.30. The van der Waals surface area contributed by atoms with Gasteiger partial charge in [-0.3, -0.25) is 9.59 Å². The van der Waals surface area contributed by atoms with E-state index >= 15 is 0 Å². The number of esters is 1. The van der Waals surface area contributed by atoms with Gasteiger partial charge in [-0.05, 0) is 74.4 Å². The molecule has 0 N–H and O–H groups in total. The molecule has 1 atom stereocenters. The molecule has 3 aromatic carbocycles. The van der Waals surface area contributed by atoms with Gasteiger partial charge in [0.25, 0.3) is 11.8 Å². The molecule has 6 nitrogen and oxygen atoms in total. The van der Waals surface area contributed by atoms with Crippen LogP contribution in [0.3, 0.4) is 0 Å². The van der Waals surface area contributed by atoms with Crippen LogP contribution in [0.4, 0.5) is 5.69 Å². The minimum Gasteiger partial charge on any atom is -0.479 e. The fourth-order valence-electron chi connectivity index (χ4n) is 3.38. The molecule has 0 bridgehead atoms. The van der Waals surface area contributed by atoms with Gasteiger partial charge in [0.1, 0.15) is 11.5 Å². The van der Waals surface area contributed by atoms with Gasteiger partial charge in [0, 0.05) is 0 Å². The van der Waals surface area contributed by atoms with Crippen molar-refractivity contribution in [3.8, 4) is 11.5 Å². The Balaban J connectivity index is 1.44. The van der Waals surface area contributed by atoms with Crippen LogP contribution in [-0.4, -0.2) is 23.9 Å². The number of rotatable bonds is 5. The highest BCUT2D eigenvalue weighted by atomic mass is 16.6. The molecule has 31 heavy (non-hydrogen) atoms. The van der Waals surface area contributed by atoms with E-state index in [-0.39, 0.29) is 11.8 Å². The molecule has 1 aliphatic heterocycles. The van der Waals surface area contributed by atoms with E-state index in [1.54, 1.807) is 55.5 Å². The Morgan fingerprint density at radius 3 is 2.06 bits per heavy atom. The van der Waals surface area contributed by atoms with Gasteiger partial charge in [0.15, 0.2) is 6.10 Å². The van der Waals surface area contributed by atoms with Gasteiger partial charge < -0.3 is 9.47 Å². The Labute approximate surface area is 180 Å². The topological polar surface area (TPSA) is 72.9 Å². The van der Waals surface area contributed by atoms with Crippen molar-refractivity contribution in [2.45, 2.75) is 26.9 Å². The number of benzene rings is 3. The molecule has 1 aliphatic rings. The van der Waals surface area contributed by atoms with E-state index in [2.05, 4.69) is 0 Å². The molecule has 0 aliphatic carbocycles. The first-order chi connectivity index (χ1) is 14.9. The van der Waals surface area contributed by atoms with E-state index in [0.29, 0.717) is 28.3 Å². The predicted octanol–water partition coefficient (Wildman–Crippen LogP) is 4.48. The molecular weight excluding hydrogens is 394 g/mol. The summed E-state index contributed by atoms with van der Waals surface area (Å²) in [6.45, 7) is 5.53. The first kappa shape index (κ1) is 20.3. The molecule has 4 rings (SSSR count). The van der Waals surface area contributed by atoms with Gasteiger partial charge >= 0.3 is 5.97 Å². The minimum absolute atomic E-state index is 0.293. The number of anilines is 1. The molecular formula is C25H21NO5. The average Bonchev–Trinajstić information content (AvgIpc) is 3.02. The van der Waals surface area contributed by atoms with Crippen molar-refractivity contribution >= 4 is 23.5 Å². The van der Waals surface area contributed by atoms with Crippen molar-refractivity contribution in [1.29, 1.82) is 0 Å². The third kappa shape index (κ3) is 3.80. The van der Waals surface area contributed by atoms with E-state index in [1.807, 2.05) is 32.0 Å². The summed E-state index contributed by atoms with van der Waals surface area (Å²) in [5, 5.41) is 0. The summed E-state index contributed by atoms with van der Waals surface area (Å²) >= 11 is 0. The molecule has 0 radical (unpaired) electrons. The molecule has 0 spiro atoms. The van der Waals surface area contributed by atoms with Gasteiger partial charge in [0.05, 0.1) is 16.8 Å². The Morgan fingerprint density at radius 1 is 0.839 bits per heavy atom. The summed E-state index contributed by atoms with van der Waals surface area (Å²) in [4.78, 5) is 38.7. The van der Waals surface area contributed by atoms with E-state index < -0.39 is 12.1 Å². The molecule has 0 aromatic heterocycles. The normalized spacial score (nSPS) is 13.7. The highest BCUT2D eigenvalue weighted by molar-refractivity contribution is 6.34. The van der Waals surface area contributed by atoms with Crippen LogP contribution >= 0.6 is 0 Å².